The third-order valence-electron chi connectivity index (χ3n) is 4.71. The van der Waals surface area contributed by atoms with E-state index in [-0.39, 0.29) is 24.0 Å². The normalized spacial score (nSPS) is 16.8. The van der Waals surface area contributed by atoms with Crippen LogP contribution in [0.2, 0.25) is 0 Å². The van der Waals surface area contributed by atoms with E-state index in [4.69, 9.17) is 0 Å². The minimum Gasteiger partial charge on any atom is -0.355 e. The summed E-state index contributed by atoms with van der Waals surface area (Å²) in [5.74, 6) is 2.48. The lowest BCUT2D eigenvalue weighted by molar-refractivity contribution is 0.260. The number of hydrogen-bond acceptors (Lipinski definition) is 5. The molecule has 7 nitrogen and oxygen atoms in total. The Morgan fingerprint density at radius 1 is 1.11 bits per heavy atom. The lowest BCUT2D eigenvalue weighted by Crippen LogP contribution is -2.50. The second kappa shape index (κ2) is 13.1. The van der Waals surface area contributed by atoms with Gasteiger partial charge in [-0.25, -0.2) is 9.97 Å². The van der Waals surface area contributed by atoms with E-state index in [0.29, 0.717) is 6.04 Å². The molecule has 0 radical (unpaired) electrons. The Labute approximate surface area is 181 Å². The van der Waals surface area contributed by atoms with Gasteiger partial charge in [-0.15, -0.1) is 24.0 Å². The second-order valence-electron chi connectivity index (χ2n) is 7.39. The number of hydrogen-bond donors (Lipinski definition) is 2. The van der Waals surface area contributed by atoms with Crippen LogP contribution >= 0.6 is 24.0 Å². The molecule has 2 heterocycles. The highest BCUT2D eigenvalue weighted by molar-refractivity contribution is 14.0. The molecule has 0 aliphatic carbocycles. The summed E-state index contributed by atoms with van der Waals surface area (Å²) >= 11 is 0. The largest absolute Gasteiger partial charge is 0.355 e. The Morgan fingerprint density at radius 2 is 1.78 bits per heavy atom. The van der Waals surface area contributed by atoms with E-state index in [0.717, 1.165) is 57.1 Å². The van der Waals surface area contributed by atoms with Crippen LogP contribution in [0, 0.1) is 5.92 Å². The zero-order valence-electron chi connectivity index (χ0n) is 17.2. The monoisotopic (exact) mass is 489 g/mol. The van der Waals surface area contributed by atoms with Crippen LogP contribution in [0.4, 0.5) is 5.95 Å². The van der Waals surface area contributed by atoms with Crippen LogP contribution in [-0.4, -0.2) is 73.2 Å². The summed E-state index contributed by atoms with van der Waals surface area (Å²) in [5.41, 5.74) is 0. The maximum atomic E-state index is 4.34. The minimum atomic E-state index is 0. The van der Waals surface area contributed by atoms with Crippen LogP contribution in [-0.2, 0) is 0 Å². The minimum absolute atomic E-state index is 0. The number of nitrogens with zero attached hydrogens (tertiary/aromatic N) is 5. The number of anilines is 1. The average molecular weight is 489 g/mol. The van der Waals surface area contributed by atoms with Gasteiger partial charge in [0.25, 0.3) is 0 Å². The Morgan fingerprint density at radius 3 is 2.37 bits per heavy atom. The van der Waals surface area contributed by atoms with E-state index >= 15 is 0 Å². The Kier molecular flexibility index (Phi) is 11.6. The van der Waals surface area contributed by atoms with Gasteiger partial charge in [-0.2, -0.15) is 0 Å². The van der Waals surface area contributed by atoms with Gasteiger partial charge in [0.2, 0.25) is 5.95 Å². The first-order chi connectivity index (χ1) is 12.6. The summed E-state index contributed by atoms with van der Waals surface area (Å²) in [6.07, 6.45) is 6.02. The van der Waals surface area contributed by atoms with Gasteiger partial charge in [-0.3, -0.25) is 9.89 Å². The molecule has 1 aromatic rings. The first kappa shape index (κ1) is 23.9. The van der Waals surface area contributed by atoms with E-state index < -0.39 is 0 Å². The van der Waals surface area contributed by atoms with Gasteiger partial charge in [0.05, 0.1) is 0 Å². The number of guanidine groups is 1. The fraction of sp³-hybridized carbons (Fsp3) is 0.737. The molecule has 1 unspecified atom stereocenters. The number of nitrogens with one attached hydrogen (secondary N) is 2. The quantitative estimate of drug-likeness (QED) is 0.332. The van der Waals surface area contributed by atoms with E-state index in [1.54, 1.807) is 12.4 Å². The molecule has 1 aromatic heterocycles. The predicted octanol–water partition coefficient (Wildman–Crippen LogP) is 2.21. The number of piperazine rings is 1. The second-order valence-corrected chi connectivity index (χ2v) is 7.39. The fourth-order valence-corrected chi connectivity index (χ4v) is 3.04. The molecule has 2 rings (SSSR count). The third-order valence-corrected chi connectivity index (χ3v) is 4.71. The van der Waals surface area contributed by atoms with Gasteiger partial charge in [-0.1, -0.05) is 13.8 Å². The standard InChI is InChI=1S/C19H35N7.HI/c1-16(2)6-7-17(3)24-18(20-4)21-10-11-25-12-14-26(15-13-25)19-22-8-5-9-23-19;/h5,8-9,16-17H,6-7,10-15H2,1-4H3,(H2,20,21,24);1H. The summed E-state index contributed by atoms with van der Waals surface area (Å²) in [6, 6.07) is 2.30. The molecule has 0 aromatic carbocycles. The molecule has 0 spiro atoms. The van der Waals surface area contributed by atoms with Crippen LogP contribution in [0.5, 0.6) is 0 Å². The molecule has 1 saturated heterocycles. The molecule has 0 bridgehead atoms. The maximum Gasteiger partial charge on any atom is 0.225 e. The molecule has 0 saturated carbocycles. The zero-order chi connectivity index (χ0) is 18.8. The molecule has 1 fully saturated rings. The van der Waals surface area contributed by atoms with Crippen LogP contribution in [0.25, 0.3) is 0 Å². The number of aromatic nitrogens is 2. The van der Waals surface area contributed by atoms with Gasteiger partial charge >= 0.3 is 0 Å². The number of aliphatic imine (C=N–C) groups is 1. The molecule has 154 valence electrons. The van der Waals surface area contributed by atoms with Crippen molar-refractivity contribution in [1.29, 1.82) is 0 Å². The highest BCUT2D eigenvalue weighted by atomic mass is 127. The van der Waals surface area contributed by atoms with Crippen molar-refractivity contribution < 1.29 is 0 Å². The van der Waals surface area contributed by atoms with Crippen molar-refractivity contribution in [2.75, 3.05) is 51.2 Å². The van der Waals surface area contributed by atoms with Crippen LogP contribution in [0.1, 0.15) is 33.6 Å². The molecular formula is C19H36IN7. The lowest BCUT2D eigenvalue weighted by Gasteiger charge is -2.34. The van der Waals surface area contributed by atoms with Gasteiger partial charge < -0.3 is 15.5 Å². The van der Waals surface area contributed by atoms with Crippen molar-refractivity contribution in [3.05, 3.63) is 18.5 Å². The molecule has 1 aliphatic rings. The summed E-state index contributed by atoms with van der Waals surface area (Å²) in [7, 11) is 1.84. The third kappa shape index (κ3) is 9.05. The first-order valence-electron chi connectivity index (χ1n) is 9.80. The fourth-order valence-electron chi connectivity index (χ4n) is 3.04. The predicted molar refractivity (Wildman–Crippen MR) is 124 cm³/mol. The summed E-state index contributed by atoms with van der Waals surface area (Å²) in [5, 5.41) is 6.92. The summed E-state index contributed by atoms with van der Waals surface area (Å²) in [6.45, 7) is 12.7. The van der Waals surface area contributed by atoms with Gasteiger partial charge in [0.1, 0.15) is 0 Å². The van der Waals surface area contributed by atoms with Crippen molar-refractivity contribution in [2.45, 2.75) is 39.7 Å². The molecule has 2 N–H and O–H groups in total. The topological polar surface area (TPSA) is 68.7 Å². The SMILES string of the molecule is CN=C(NCCN1CCN(c2ncccn2)CC1)NC(C)CCC(C)C.I. The molecule has 8 heteroatoms. The van der Waals surface area contributed by atoms with Crippen molar-refractivity contribution in [2.24, 2.45) is 10.9 Å². The lowest BCUT2D eigenvalue weighted by atomic mass is 10.0. The Hall–Kier alpha value is -1.16. The van der Waals surface area contributed by atoms with E-state index in [1.165, 1.54) is 12.8 Å². The van der Waals surface area contributed by atoms with Gasteiger partial charge in [-0.05, 0) is 31.7 Å². The van der Waals surface area contributed by atoms with Gasteiger partial charge in [0, 0.05) is 64.8 Å². The summed E-state index contributed by atoms with van der Waals surface area (Å²) in [4.78, 5) is 17.7. The molecule has 1 aliphatic heterocycles. The molecular weight excluding hydrogens is 453 g/mol. The van der Waals surface area contributed by atoms with Crippen molar-refractivity contribution in [1.82, 2.24) is 25.5 Å². The van der Waals surface area contributed by atoms with E-state index in [2.05, 4.69) is 56.2 Å². The highest BCUT2D eigenvalue weighted by Crippen LogP contribution is 2.09. The van der Waals surface area contributed by atoms with Crippen LogP contribution in [0.15, 0.2) is 23.5 Å². The van der Waals surface area contributed by atoms with Crippen LogP contribution in [0.3, 0.4) is 0 Å². The van der Waals surface area contributed by atoms with Crippen molar-refractivity contribution in [3.63, 3.8) is 0 Å². The van der Waals surface area contributed by atoms with Crippen molar-refractivity contribution >= 4 is 35.9 Å². The van der Waals surface area contributed by atoms with Gasteiger partial charge in [0.15, 0.2) is 5.96 Å². The maximum absolute atomic E-state index is 4.34. The molecule has 0 amide bonds. The Bertz CT molecular complexity index is 530. The summed E-state index contributed by atoms with van der Waals surface area (Å²) < 4.78 is 0. The first-order valence-corrected chi connectivity index (χ1v) is 9.80. The molecule has 1 atom stereocenters. The average Bonchev–Trinajstić information content (AvgIpc) is 2.67. The van der Waals surface area contributed by atoms with Crippen molar-refractivity contribution in [3.8, 4) is 0 Å². The Balaban J connectivity index is 0.00000364. The van der Waals surface area contributed by atoms with E-state index in [9.17, 15) is 0 Å². The zero-order valence-corrected chi connectivity index (χ0v) is 19.5. The van der Waals surface area contributed by atoms with E-state index in [1.807, 2.05) is 13.1 Å². The smallest absolute Gasteiger partial charge is 0.225 e. The van der Waals surface area contributed by atoms with Crippen LogP contribution < -0.4 is 15.5 Å². The molecule has 27 heavy (non-hydrogen) atoms. The number of rotatable bonds is 8. The number of halogens is 1. The highest BCUT2D eigenvalue weighted by Gasteiger charge is 2.18.